The van der Waals surface area contributed by atoms with Gasteiger partial charge < -0.3 is 16.2 Å². The van der Waals surface area contributed by atoms with Crippen molar-refractivity contribution in [3.63, 3.8) is 0 Å². The molecule has 2 rings (SSSR count). The minimum atomic E-state index is -0.701. The molecule has 4 N–H and O–H groups in total. The van der Waals surface area contributed by atoms with Gasteiger partial charge in [-0.05, 0) is 29.8 Å². The van der Waals surface area contributed by atoms with Gasteiger partial charge in [0.2, 0.25) is 0 Å². The molecule has 0 fully saturated rings. The standard InChI is InChI=1S/C16H19ClN4O/c17-13-6-4-12(5-7-13)15(22)11-21-16(18)20-10-8-14-3-1-2-9-19-14/h1-7,9,15,22H,8,10-11H2,(H3,18,20,21). The Labute approximate surface area is 134 Å². The maximum Gasteiger partial charge on any atom is 0.188 e. The third kappa shape index (κ3) is 5.35. The molecule has 0 aliphatic rings. The van der Waals surface area contributed by atoms with Crippen LogP contribution in [0.3, 0.4) is 0 Å². The number of hydrogen-bond donors (Lipinski definition) is 3. The minimum absolute atomic E-state index is 0.198. The number of hydrogen-bond acceptors (Lipinski definition) is 3. The molecule has 0 radical (unpaired) electrons. The fraction of sp³-hybridized carbons (Fsp3) is 0.250. The highest BCUT2D eigenvalue weighted by Gasteiger charge is 2.06. The number of guanidine groups is 1. The second-order valence-corrected chi connectivity index (χ2v) is 5.23. The summed E-state index contributed by atoms with van der Waals surface area (Å²) in [5, 5.41) is 13.7. The van der Waals surface area contributed by atoms with Gasteiger partial charge in [0.25, 0.3) is 0 Å². The zero-order valence-corrected chi connectivity index (χ0v) is 12.9. The zero-order chi connectivity index (χ0) is 15.8. The molecule has 2 aromatic rings. The van der Waals surface area contributed by atoms with E-state index in [1.807, 2.05) is 18.2 Å². The number of aliphatic hydroxyl groups is 1. The topological polar surface area (TPSA) is 83.5 Å². The molecule has 0 aliphatic carbocycles. The molecular formula is C16H19ClN4O. The summed E-state index contributed by atoms with van der Waals surface area (Å²) in [6.45, 7) is 0.841. The van der Waals surface area contributed by atoms with Crippen molar-refractivity contribution in [1.82, 2.24) is 10.3 Å². The number of aliphatic hydroxyl groups excluding tert-OH is 1. The first kappa shape index (κ1) is 16.3. The molecule has 116 valence electrons. The lowest BCUT2D eigenvalue weighted by molar-refractivity contribution is 0.187. The lowest BCUT2D eigenvalue weighted by Gasteiger charge is -2.10. The molecule has 0 amide bonds. The molecule has 0 spiro atoms. The Hall–Kier alpha value is -2.11. The summed E-state index contributed by atoms with van der Waals surface area (Å²) in [6, 6.07) is 12.8. The SMILES string of the molecule is NC(=NCC(O)c1ccc(Cl)cc1)NCCc1ccccn1. The maximum absolute atomic E-state index is 10.0. The molecule has 1 aromatic heterocycles. The van der Waals surface area contributed by atoms with Crippen molar-refractivity contribution in [2.45, 2.75) is 12.5 Å². The number of halogens is 1. The van der Waals surface area contributed by atoms with E-state index in [0.717, 1.165) is 17.7 Å². The molecule has 0 saturated heterocycles. The molecule has 1 atom stereocenters. The lowest BCUT2D eigenvalue weighted by Crippen LogP contribution is -2.33. The van der Waals surface area contributed by atoms with Crippen LogP contribution in [-0.2, 0) is 6.42 Å². The highest BCUT2D eigenvalue weighted by atomic mass is 35.5. The average molecular weight is 319 g/mol. The summed E-state index contributed by atoms with van der Waals surface area (Å²) in [7, 11) is 0. The predicted molar refractivity (Wildman–Crippen MR) is 88.8 cm³/mol. The molecule has 1 aromatic carbocycles. The summed E-state index contributed by atoms with van der Waals surface area (Å²) in [5.41, 5.74) is 7.52. The highest BCUT2D eigenvalue weighted by molar-refractivity contribution is 6.30. The summed E-state index contributed by atoms with van der Waals surface area (Å²) in [5.74, 6) is 0.309. The van der Waals surface area contributed by atoms with E-state index in [2.05, 4.69) is 15.3 Å². The number of benzene rings is 1. The van der Waals surface area contributed by atoms with Gasteiger partial charge in [-0.1, -0.05) is 29.8 Å². The van der Waals surface area contributed by atoms with Crippen molar-refractivity contribution in [1.29, 1.82) is 0 Å². The first-order valence-electron chi connectivity index (χ1n) is 7.02. The number of aromatic nitrogens is 1. The van der Waals surface area contributed by atoms with Crippen molar-refractivity contribution in [3.05, 3.63) is 64.9 Å². The lowest BCUT2D eigenvalue weighted by atomic mass is 10.1. The van der Waals surface area contributed by atoms with Crippen molar-refractivity contribution in [2.24, 2.45) is 10.7 Å². The van der Waals surface area contributed by atoms with Crippen LogP contribution in [0.5, 0.6) is 0 Å². The molecule has 0 bridgehead atoms. The van der Waals surface area contributed by atoms with Gasteiger partial charge in [0.05, 0.1) is 12.6 Å². The quantitative estimate of drug-likeness (QED) is 0.561. The van der Waals surface area contributed by atoms with Crippen LogP contribution in [0.4, 0.5) is 0 Å². The predicted octanol–water partition coefficient (Wildman–Crippen LogP) is 1.92. The smallest absolute Gasteiger partial charge is 0.188 e. The Bertz CT molecular complexity index is 601. The monoisotopic (exact) mass is 318 g/mol. The number of aliphatic imine (C=N–C) groups is 1. The van der Waals surface area contributed by atoms with Gasteiger partial charge in [0.15, 0.2) is 5.96 Å². The van der Waals surface area contributed by atoms with Gasteiger partial charge in [-0.15, -0.1) is 0 Å². The number of nitrogens with two attached hydrogens (primary N) is 1. The Kier molecular flexibility index (Phi) is 6.18. The van der Waals surface area contributed by atoms with Gasteiger partial charge >= 0.3 is 0 Å². The van der Waals surface area contributed by atoms with Crippen LogP contribution in [0, 0.1) is 0 Å². The maximum atomic E-state index is 10.0. The normalized spacial score (nSPS) is 12.9. The molecule has 1 heterocycles. The van der Waals surface area contributed by atoms with Gasteiger partial charge in [-0.2, -0.15) is 0 Å². The zero-order valence-electron chi connectivity index (χ0n) is 12.1. The van der Waals surface area contributed by atoms with Crippen LogP contribution in [0.1, 0.15) is 17.4 Å². The van der Waals surface area contributed by atoms with Crippen molar-refractivity contribution in [2.75, 3.05) is 13.1 Å². The van der Waals surface area contributed by atoms with Crippen LogP contribution in [0.25, 0.3) is 0 Å². The molecule has 6 heteroatoms. The van der Waals surface area contributed by atoms with Gasteiger partial charge in [-0.3, -0.25) is 9.98 Å². The van der Waals surface area contributed by atoms with Gasteiger partial charge in [-0.25, -0.2) is 0 Å². The van der Waals surface area contributed by atoms with Gasteiger partial charge in [0.1, 0.15) is 0 Å². The molecule has 0 saturated carbocycles. The van der Waals surface area contributed by atoms with E-state index in [1.165, 1.54) is 0 Å². The van der Waals surface area contributed by atoms with Gasteiger partial charge in [0, 0.05) is 29.9 Å². The minimum Gasteiger partial charge on any atom is -0.386 e. The number of nitrogens with one attached hydrogen (secondary N) is 1. The summed E-state index contributed by atoms with van der Waals surface area (Å²) in [6.07, 6.45) is 1.82. The fourth-order valence-electron chi connectivity index (χ4n) is 1.90. The fourth-order valence-corrected chi connectivity index (χ4v) is 2.02. The van der Waals surface area contributed by atoms with Crippen molar-refractivity contribution < 1.29 is 5.11 Å². The van der Waals surface area contributed by atoms with E-state index in [4.69, 9.17) is 17.3 Å². The van der Waals surface area contributed by atoms with Crippen LogP contribution < -0.4 is 11.1 Å². The Morgan fingerprint density at radius 3 is 2.73 bits per heavy atom. The summed E-state index contributed by atoms with van der Waals surface area (Å²) in [4.78, 5) is 8.36. The van der Waals surface area contributed by atoms with Crippen molar-refractivity contribution >= 4 is 17.6 Å². The second kappa shape index (κ2) is 8.36. The third-order valence-electron chi connectivity index (χ3n) is 3.10. The molecule has 0 aliphatic heterocycles. The van der Waals surface area contributed by atoms with Crippen LogP contribution in [0.15, 0.2) is 53.7 Å². The largest absolute Gasteiger partial charge is 0.386 e. The second-order valence-electron chi connectivity index (χ2n) is 4.79. The molecule has 5 nitrogen and oxygen atoms in total. The average Bonchev–Trinajstić information content (AvgIpc) is 2.54. The third-order valence-corrected chi connectivity index (χ3v) is 3.35. The van der Waals surface area contributed by atoms with Crippen LogP contribution in [0.2, 0.25) is 5.02 Å². The first-order valence-corrected chi connectivity index (χ1v) is 7.40. The van der Waals surface area contributed by atoms with E-state index in [1.54, 1.807) is 30.5 Å². The number of nitrogens with zero attached hydrogens (tertiary/aromatic N) is 2. The van der Waals surface area contributed by atoms with E-state index in [9.17, 15) is 5.11 Å². The van der Waals surface area contributed by atoms with E-state index >= 15 is 0 Å². The summed E-state index contributed by atoms with van der Waals surface area (Å²) >= 11 is 5.81. The number of rotatable bonds is 6. The molecule has 1 unspecified atom stereocenters. The Balaban J connectivity index is 1.76. The van der Waals surface area contributed by atoms with Crippen molar-refractivity contribution in [3.8, 4) is 0 Å². The van der Waals surface area contributed by atoms with E-state index < -0.39 is 6.10 Å². The Morgan fingerprint density at radius 1 is 1.27 bits per heavy atom. The van der Waals surface area contributed by atoms with E-state index in [0.29, 0.717) is 17.5 Å². The highest BCUT2D eigenvalue weighted by Crippen LogP contribution is 2.16. The summed E-state index contributed by atoms with van der Waals surface area (Å²) < 4.78 is 0. The Morgan fingerprint density at radius 2 is 2.05 bits per heavy atom. The van der Waals surface area contributed by atoms with E-state index in [-0.39, 0.29) is 6.54 Å². The van der Waals surface area contributed by atoms with Crippen LogP contribution in [-0.4, -0.2) is 29.1 Å². The van der Waals surface area contributed by atoms with Crippen LogP contribution >= 0.6 is 11.6 Å². The molecule has 22 heavy (non-hydrogen) atoms. The number of pyridine rings is 1. The molecular weight excluding hydrogens is 300 g/mol. The first-order chi connectivity index (χ1) is 10.6.